The zero-order valence-electron chi connectivity index (χ0n) is 10.5. The molecule has 0 aliphatic heterocycles. The summed E-state index contributed by atoms with van der Waals surface area (Å²) in [6, 6.07) is 0. The van der Waals surface area contributed by atoms with Crippen LogP contribution in [0.1, 0.15) is 13.8 Å². The number of hydrogen-bond donors (Lipinski definition) is 0. The van der Waals surface area contributed by atoms with Crippen LogP contribution >= 0.6 is 0 Å². The predicted octanol–water partition coefficient (Wildman–Crippen LogP) is 3.88. The number of methoxy groups -OCH3 is 2. The fourth-order valence-electron chi connectivity index (χ4n) is 1.07. The van der Waals surface area contributed by atoms with Crippen LogP contribution in [0.5, 0.6) is 0 Å². The van der Waals surface area contributed by atoms with Crippen LogP contribution in [0.2, 0.25) is 0 Å². The summed E-state index contributed by atoms with van der Waals surface area (Å²) in [6.45, 7) is 1.31. The van der Waals surface area contributed by atoms with E-state index in [1.165, 1.54) is 0 Å². The monoisotopic (exact) mass is 294 g/mol. The zero-order valence-corrected chi connectivity index (χ0v) is 10.5. The van der Waals surface area contributed by atoms with Gasteiger partial charge >= 0.3 is 12.2 Å². The van der Waals surface area contributed by atoms with E-state index in [2.05, 4.69) is 14.2 Å². The van der Waals surface area contributed by atoms with E-state index in [-0.39, 0.29) is 0 Å². The van der Waals surface area contributed by atoms with Gasteiger partial charge in [0.1, 0.15) is 0 Å². The minimum Gasteiger partial charge on any atom is -0.347 e. The molecule has 0 bridgehead atoms. The third kappa shape index (κ3) is 3.95. The quantitative estimate of drug-likeness (QED) is 0.549. The second kappa shape index (κ2) is 6.40. The summed E-state index contributed by atoms with van der Waals surface area (Å²) in [5.74, 6) is -9.97. The van der Waals surface area contributed by atoms with Crippen molar-refractivity contribution in [2.45, 2.75) is 25.4 Å². The highest BCUT2D eigenvalue weighted by Gasteiger charge is 2.46. The first-order valence-electron chi connectivity index (χ1n) is 4.77. The summed E-state index contributed by atoms with van der Waals surface area (Å²) >= 11 is 0. The number of ether oxygens (including phenoxy) is 3. The summed E-state index contributed by atoms with van der Waals surface area (Å²) < 4.78 is 88.4. The SMILES string of the molecule is COC(C)(OC(C)(OC)C(F)=C(F)F)C(F)=C(F)F. The topological polar surface area (TPSA) is 27.7 Å². The summed E-state index contributed by atoms with van der Waals surface area (Å²) in [4.78, 5) is 0. The summed E-state index contributed by atoms with van der Waals surface area (Å²) in [6.07, 6.45) is -5.60. The van der Waals surface area contributed by atoms with E-state index >= 15 is 0 Å². The van der Waals surface area contributed by atoms with Crippen molar-refractivity contribution < 1.29 is 40.6 Å². The van der Waals surface area contributed by atoms with Crippen molar-refractivity contribution >= 4 is 0 Å². The predicted molar refractivity (Wildman–Crippen MR) is 52.6 cm³/mol. The van der Waals surface area contributed by atoms with Crippen LogP contribution in [0.3, 0.4) is 0 Å². The van der Waals surface area contributed by atoms with Gasteiger partial charge in [0.25, 0.3) is 0 Å². The van der Waals surface area contributed by atoms with Gasteiger partial charge in [-0.2, -0.15) is 26.3 Å². The van der Waals surface area contributed by atoms with Gasteiger partial charge in [0, 0.05) is 14.2 Å². The Bertz CT molecular complexity index is 353. The van der Waals surface area contributed by atoms with Gasteiger partial charge in [-0.25, -0.2) is 0 Å². The van der Waals surface area contributed by atoms with Gasteiger partial charge in [-0.15, -0.1) is 0 Å². The van der Waals surface area contributed by atoms with Crippen molar-refractivity contribution in [1.29, 1.82) is 0 Å². The molecule has 0 aromatic heterocycles. The number of hydrogen-bond acceptors (Lipinski definition) is 3. The number of rotatable bonds is 6. The largest absolute Gasteiger partial charge is 0.347 e. The molecule has 0 amide bonds. The highest BCUT2D eigenvalue weighted by Crippen LogP contribution is 2.37. The van der Waals surface area contributed by atoms with Gasteiger partial charge in [0.15, 0.2) is 0 Å². The lowest BCUT2D eigenvalue weighted by Crippen LogP contribution is -2.45. The van der Waals surface area contributed by atoms with Gasteiger partial charge in [-0.1, -0.05) is 0 Å². The second-order valence-corrected chi connectivity index (χ2v) is 3.55. The average Bonchev–Trinajstić information content (AvgIpc) is 2.36. The molecule has 19 heavy (non-hydrogen) atoms. The summed E-state index contributed by atoms with van der Waals surface area (Å²) in [5.41, 5.74) is 0. The summed E-state index contributed by atoms with van der Waals surface area (Å²) in [5, 5.41) is 0. The average molecular weight is 294 g/mol. The molecule has 3 nitrogen and oxygen atoms in total. The molecule has 0 aromatic rings. The van der Waals surface area contributed by atoms with E-state index in [1.54, 1.807) is 0 Å². The van der Waals surface area contributed by atoms with Gasteiger partial charge in [-0.05, 0) is 13.8 Å². The molecule has 0 saturated carbocycles. The zero-order chi connectivity index (χ0) is 15.4. The van der Waals surface area contributed by atoms with Crippen molar-refractivity contribution in [3.05, 3.63) is 23.8 Å². The smallest absolute Gasteiger partial charge is 0.307 e. The Labute approximate surface area is 105 Å². The van der Waals surface area contributed by atoms with E-state index in [0.717, 1.165) is 14.2 Å². The lowest BCUT2D eigenvalue weighted by atomic mass is 10.2. The molecular weight excluding hydrogens is 282 g/mol. The summed E-state index contributed by atoms with van der Waals surface area (Å²) in [7, 11) is 1.54. The van der Waals surface area contributed by atoms with Gasteiger partial charge in [-0.3, -0.25) is 0 Å². The standard InChI is InChI=1S/C10H12F6O3/c1-9(17-3,5(11)7(13)14)19-10(2,18-4)6(12)8(15)16/h1-4H3. The minimum absolute atomic E-state index is 0.655. The first-order valence-corrected chi connectivity index (χ1v) is 4.77. The van der Waals surface area contributed by atoms with Crippen LogP contribution in [0.4, 0.5) is 26.3 Å². The fourth-order valence-corrected chi connectivity index (χ4v) is 1.07. The molecular formula is C10H12F6O3. The maximum atomic E-state index is 13.2. The first kappa shape index (κ1) is 17.9. The third-order valence-electron chi connectivity index (χ3n) is 2.30. The molecule has 0 saturated heterocycles. The molecule has 2 unspecified atom stereocenters. The van der Waals surface area contributed by atoms with Crippen LogP contribution in [0.25, 0.3) is 0 Å². The first-order chi connectivity index (χ1) is 8.54. The molecule has 112 valence electrons. The van der Waals surface area contributed by atoms with Crippen LogP contribution in [0, 0.1) is 0 Å². The Kier molecular flexibility index (Phi) is 6.04. The Morgan fingerprint density at radius 2 is 0.947 bits per heavy atom. The maximum Gasteiger partial charge on any atom is 0.307 e. The highest BCUT2D eigenvalue weighted by atomic mass is 19.3. The van der Waals surface area contributed by atoms with Crippen molar-refractivity contribution in [3.8, 4) is 0 Å². The Balaban J connectivity index is 5.60. The van der Waals surface area contributed by atoms with Crippen LogP contribution in [-0.4, -0.2) is 25.8 Å². The van der Waals surface area contributed by atoms with E-state index in [9.17, 15) is 26.3 Å². The Hall–Kier alpha value is -1.06. The Morgan fingerprint density at radius 1 is 0.684 bits per heavy atom. The van der Waals surface area contributed by atoms with Crippen LogP contribution < -0.4 is 0 Å². The molecule has 0 fully saturated rings. The number of halogens is 6. The van der Waals surface area contributed by atoms with Crippen LogP contribution in [0.15, 0.2) is 23.8 Å². The molecule has 0 aliphatic rings. The molecule has 9 heteroatoms. The molecule has 0 radical (unpaired) electrons. The molecule has 0 aliphatic carbocycles. The van der Waals surface area contributed by atoms with Crippen molar-refractivity contribution in [1.82, 2.24) is 0 Å². The van der Waals surface area contributed by atoms with Crippen molar-refractivity contribution in [2.75, 3.05) is 14.2 Å². The molecule has 0 spiro atoms. The maximum absolute atomic E-state index is 13.2. The van der Waals surface area contributed by atoms with E-state index in [1.807, 2.05) is 0 Å². The molecule has 0 rings (SSSR count). The van der Waals surface area contributed by atoms with Crippen molar-refractivity contribution in [3.63, 3.8) is 0 Å². The van der Waals surface area contributed by atoms with E-state index in [0.29, 0.717) is 13.8 Å². The highest BCUT2D eigenvalue weighted by molar-refractivity contribution is 5.09. The van der Waals surface area contributed by atoms with Crippen molar-refractivity contribution in [2.24, 2.45) is 0 Å². The van der Waals surface area contributed by atoms with Crippen LogP contribution in [-0.2, 0) is 14.2 Å². The van der Waals surface area contributed by atoms with E-state index in [4.69, 9.17) is 0 Å². The minimum atomic E-state index is -2.80. The Morgan fingerprint density at radius 3 is 1.11 bits per heavy atom. The molecule has 0 N–H and O–H groups in total. The molecule has 2 atom stereocenters. The lowest BCUT2D eigenvalue weighted by molar-refractivity contribution is -0.317. The van der Waals surface area contributed by atoms with Gasteiger partial charge in [0.05, 0.1) is 0 Å². The molecule has 0 aromatic carbocycles. The second-order valence-electron chi connectivity index (χ2n) is 3.55. The third-order valence-corrected chi connectivity index (χ3v) is 2.30. The van der Waals surface area contributed by atoms with Gasteiger partial charge < -0.3 is 14.2 Å². The lowest BCUT2D eigenvalue weighted by Gasteiger charge is -2.35. The van der Waals surface area contributed by atoms with Gasteiger partial charge in [0.2, 0.25) is 23.2 Å². The molecule has 0 heterocycles. The normalized spacial score (nSPS) is 17.4. The van der Waals surface area contributed by atoms with E-state index < -0.39 is 35.4 Å². The fraction of sp³-hybridized carbons (Fsp3) is 0.600.